The molecule has 0 spiro atoms. The summed E-state index contributed by atoms with van der Waals surface area (Å²) < 4.78 is 0. The highest BCUT2D eigenvalue weighted by Crippen LogP contribution is 2.22. The molecule has 2 amide bonds. The van der Waals surface area contributed by atoms with Crippen molar-refractivity contribution in [3.8, 4) is 0 Å². The maximum absolute atomic E-state index is 12.4. The smallest absolute Gasteiger partial charge is 0.303 e. The van der Waals surface area contributed by atoms with E-state index in [-0.39, 0.29) is 24.3 Å². The second-order valence-corrected chi connectivity index (χ2v) is 6.93. The molecule has 1 aliphatic heterocycles. The van der Waals surface area contributed by atoms with Gasteiger partial charge in [0.2, 0.25) is 5.91 Å². The molecule has 6 nitrogen and oxygen atoms in total. The highest BCUT2D eigenvalue weighted by molar-refractivity contribution is 7.12. The van der Waals surface area contributed by atoms with Crippen LogP contribution in [0.2, 0.25) is 0 Å². The van der Waals surface area contributed by atoms with Gasteiger partial charge in [0.25, 0.3) is 5.91 Å². The van der Waals surface area contributed by atoms with E-state index in [0.717, 1.165) is 25.7 Å². The van der Waals surface area contributed by atoms with E-state index in [1.807, 2.05) is 11.4 Å². The normalized spacial score (nSPS) is 17.0. The molecule has 7 heteroatoms. The van der Waals surface area contributed by atoms with Crippen molar-refractivity contribution < 1.29 is 19.5 Å². The summed E-state index contributed by atoms with van der Waals surface area (Å²) in [5.74, 6) is -0.903. The Balaban J connectivity index is 1.69. The van der Waals surface area contributed by atoms with Gasteiger partial charge in [0.15, 0.2) is 0 Å². The Hall–Kier alpha value is -1.89. The van der Waals surface area contributed by atoms with E-state index in [2.05, 4.69) is 5.32 Å². The number of thiophene rings is 1. The molecular formula is C17H24N2O4S. The van der Waals surface area contributed by atoms with Crippen LogP contribution in [0.4, 0.5) is 0 Å². The molecule has 0 saturated carbocycles. The Bertz CT molecular complexity index is 559. The first kappa shape index (κ1) is 18.4. The average molecular weight is 352 g/mol. The number of amides is 2. The summed E-state index contributed by atoms with van der Waals surface area (Å²) in [5, 5.41) is 13.3. The van der Waals surface area contributed by atoms with E-state index in [0.29, 0.717) is 30.8 Å². The lowest BCUT2D eigenvalue weighted by Crippen LogP contribution is -2.46. The van der Waals surface area contributed by atoms with Crippen molar-refractivity contribution in [3.63, 3.8) is 0 Å². The van der Waals surface area contributed by atoms with E-state index in [1.165, 1.54) is 11.3 Å². The molecule has 132 valence electrons. The Morgan fingerprint density at radius 3 is 2.75 bits per heavy atom. The molecule has 1 aromatic rings. The molecule has 24 heavy (non-hydrogen) atoms. The Kier molecular flexibility index (Phi) is 7.24. The van der Waals surface area contributed by atoms with E-state index in [9.17, 15) is 14.4 Å². The molecular weight excluding hydrogens is 328 g/mol. The number of carbonyl (C=O) groups excluding carboxylic acids is 2. The Morgan fingerprint density at radius 1 is 1.25 bits per heavy atom. The molecule has 0 aromatic carbocycles. The van der Waals surface area contributed by atoms with E-state index >= 15 is 0 Å². The summed E-state index contributed by atoms with van der Waals surface area (Å²) >= 11 is 1.40. The molecule has 0 radical (unpaired) electrons. The van der Waals surface area contributed by atoms with Gasteiger partial charge in [-0.15, -0.1) is 11.3 Å². The van der Waals surface area contributed by atoms with Gasteiger partial charge in [-0.3, -0.25) is 14.4 Å². The van der Waals surface area contributed by atoms with E-state index in [4.69, 9.17) is 5.11 Å². The van der Waals surface area contributed by atoms with Gasteiger partial charge in [0.05, 0.1) is 4.88 Å². The zero-order valence-electron chi connectivity index (χ0n) is 13.7. The number of hydrogen-bond acceptors (Lipinski definition) is 4. The van der Waals surface area contributed by atoms with Crippen LogP contribution in [0.25, 0.3) is 0 Å². The van der Waals surface area contributed by atoms with Gasteiger partial charge >= 0.3 is 5.97 Å². The summed E-state index contributed by atoms with van der Waals surface area (Å²) in [5.41, 5.74) is 0. The lowest BCUT2D eigenvalue weighted by molar-refractivity contribution is -0.137. The molecule has 2 rings (SSSR count). The third-order valence-corrected chi connectivity index (χ3v) is 5.02. The van der Waals surface area contributed by atoms with Gasteiger partial charge in [-0.1, -0.05) is 18.9 Å². The topological polar surface area (TPSA) is 86.7 Å². The quantitative estimate of drug-likeness (QED) is 0.669. The Labute approximate surface area is 145 Å². The van der Waals surface area contributed by atoms with Crippen LogP contribution in [0.1, 0.15) is 54.6 Å². The van der Waals surface area contributed by atoms with Crippen LogP contribution >= 0.6 is 11.3 Å². The maximum atomic E-state index is 12.4. The van der Waals surface area contributed by atoms with Crippen molar-refractivity contribution in [1.82, 2.24) is 10.2 Å². The largest absolute Gasteiger partial charge is 0.481 e. The third kappa shape index (κ3) is 5.33. The Morgan fingerprint density at radius 2 is 2.04 bits per heavy atom. The zero-order chi connectivity index (χ0) is 17.4. The van der Waals surface area contributed by atoms with Gasteiger partial charge < -0.3 is 15.3 Å². The van der Waals surface area contributed by atoms with E-state index < -0.39 is 5.97 Å². The van der Waals surface area contributed by atoms with Gasteiger partial charge in [-0.05, 0) is 37.1 Å². The van der Waals surface area contributed by atoms with Crippen LogP contribution in [0, 0.1) is 0 Å². The number of carboxylic acids is 1. The first-order chi connectivity index (χ1) is 11.6. The summed E-state index contributed by atoms with van der Waals surface area (Å²) in [6.07, 6.45) is 5.02. The number of likely N-dealkylation sites (tertiary alicyclic amines) is 1. The molecule has 2 heterocycles. The third-order valence-electron chi connectivity index (χ3n) is 4.16. The van der Waals surface area contributed by atoms with Crippen molar-refractivity contribution in [2.24, 2.45) is 0 Å². The maximum Gasteiger partial charge on any atom is 0.303 e. The predicted octanol–water partition coefficient (Wildman–Crippen LogP) is 2.50. The number of aliphatic carboxylic acids is 1. The zero-order valence-corrected chi connectivity index (χ0v) is 14.5. The van der Waals surface area contributed by atoms with Crippen molar-refractivity contribution in [1.29, 1.82) is 0 Å². The molecule has 0 aliphatic carbocycles. The fourth-order valence-corrected chi connectivity index (χ4v) is 3.59. The summed E-state index contributed by atoms with van der Waals surface area (Å²) in [6, 6.07) is 3.26. The van der Waals surface area contributed by atoms with Gasteiger partial charge in [0, 0.05) is 19.5 Å². The van der Waals surface area contributed by atoms with Crippen molar-refractivity contribution in [2.75, 3.05) is 13.1 Å². The van der Waals surface area contributed by atoms with Crippen LogP contribution < -0.4 is 5.32 Å². The SMILES string of the molecule is O=C(O)CCCCCCNC(=O)C1CCCN1C(=O)c1cccs1. The van der Waals surface area contributed by atoms with Crippen LogP contribution in [0.5, 0.6) is 0 Å². The molecule has 2 N–H and O–H groups in total. The number of hydrogen-bond donors (Lipinski definition) is 2. The van der Waals surface area contributed by atoms with Gasteiger partial charge in [-0.25, -0.2) is 0 Å². The van der Waals surface area contributed by atoms with Crippen LogP contribution in [0.15, 0.2) is 17.5 Å². The standard InChI is InChI=1S/C17H24N2O4S/c20-15(21)9-3-1-2-4-10-18-16(22)13-7-5-11-19(13)17(23)14-8-6-12-24-14/h6,8,12-13H,1-5,7,9-11H2,(H,18,22)(H,20,21). The molecule has 1 aromatic heterocycles. The molecule has 1 aliphatic rings. The number of rotatable bonds is 9. The lowest BCUT2D eigenvalue weighted by atomic mass is 10.1. The van der Waals surface area contributed by atoms with Crippen LogP contribution in [-0.2, 0) is 9.59 Å². The minimum absolute atomic E-state index is 0.0590. The first-order valence-corrected chi connectivity index (χ1v) is 9.31. The summed E-state index contributed by atoms with van der Waals surface area (Å²) in [7, 11) is 0. The molecule has 1 unspecified atom stereocenters. The summed E-state index contributed by atoms with van der Waals surface area (Å²) in [4.78, 5) is 37.5. The second kappa shape index (κ2) is 9.42. The van der Waals surface area contributed by atoms with Crippen molar-refractivity contribution >= 4 is 29.1 Å². The highest BCUT2D eigenvalue weighted by Gasteiger charge is 2.34. The molecule has 1 atom stereocenters. The van der Waals surface area contributed by atoms with Crippen LogP contribution in [-0.4, -0.2) is 46.9 Å². The van der Waals surface area contributed by atoms with Crippen molar-refractivity contribution in [2.45, 2.75) is 51.0 Å². The van der Waals surface area contributed by atoms with Gasteiger partial charge in [-0.2, -0.15) is 0 Å². The van der Waals surface area contributed by atoms with E-state index in [1.54, 1.807) is 11.0 Å². The van der Waals surface area contributed by atoms with Gasteiger partial charge in [0.1, 0.15) is 6.04 Å². The number of nitrogens with one attached hydrogen (secondary N) is 1. The molecule has 1 fully saturated rings. The monoisotopic (exact) mass is 352 g/mol. The molecule has 0 bridgehead atoms. The minimum atomic E-state index is -0.764. The number of nitrogens with zero attached hydrogens (tertiary/aromatic N) is 1. The lowest BCUT2D eigenvalue weighted by Gasteiger charge is -2.23. The highest BCUT2D eigenvalue weighted by atomic mass is 32.1. The number of unbranched alkanes of at least 4 members (excludes halogenated alkanes) is 3. The number of carbonyl (C=O) groups is 3. The average Bonchev–Trinajstić information content (AvgIpc) is 3.24. The number of carboxylic acid groups (broad SMARTS) is 1. The fraction of sp³-hybridized carbons (Fsp3) is 0.588. The fourth-order valence-electron chi connectivity index (χ4n) is 2.91. The first-order valence-electron chi connectivity index (χ1n) is 8.43. The van der Waals surface area contributed by atoms with Crippen molar-refractivity contribution in [3.05, 3.63) is 22.4 Å². The van der Waals surface area contributed by atoms with Crippen LogP contribution in [0.3, 0.4) is 0 Å². The molecule has 1 saturated heterocycles. The second-order valence-electron chi connectivity index (χ2n) is 5.98. The predicted molar refractivity (Wildman–Crippen MR) is 92.1 cm³/mol. The minimum Gasteiger partial charge on any atom is -0.481 e. The summed E-state index contributed by atoms with van der Waals surface area (Å²) in [6.45, 7) is 1.20.